The molecule has 2 fully saturated rings. The van der Waals surface area contributed by atoms with Crippen molar-refractivity contribution in [1.29, 1.82) is 0 Å². The summed E-state index contributed by atoms with van der Waals surface area (Å²) in [6.07, 6.45) is 7.42. The summed E-state index contributed by atoms with van der Waals surface area (Å²) < 4.78 is 14.4. The number of rotatable bonds is 4. The van der Waals surface area contributed by atoms with E-state index in [4.69, 9.17) is 0 Å². The van der Waals surface area contributed by atoms with E-state index in [1.54, 1.807) is 6.07 Å². The molecule has 1 saturated carbocycles. The molecule has 0 amide bonds. The summed E-state index contributed by atoms with van der Waals surface area (Å²) in [7, 11) is 0. The minimum Gasteiger partial charge on any atom is -0.366 e. The third-order valence-electron chi connectivity index (χ3n) is 4.57. The van der Waals surface area contributed by atoms with Gasteiger partial charge < -0.3 is 10.2 Å². The molecule has 1 aromatic rings. The predicted octanol–water partition coefficient (Wildman–Crippen LogP) is 3.85. The van der Waals surface area contributed by atoms with Crippen LogP contribution in [0.2, 0.25) is 0 Å². The predicted molar refractivity (Wildman–Crippen MR) is 81.5 cm³/mol. The molecule has 1 heterocycles. The van der Waals surface area contributed by atoms with Crippen molar-refractivity contribution in [2.45, 2.75) is 64.1 Å². The topological polar surface area (TPSA) is 15.3 Å². The van der Waals surface area contributed by atoms with E-state index in [2.05, 4.69) is 23.2 Å². The van der Waals surface area contributed by atoms with E-state index in [9.17, 15) is 4.39 Å². The van der Waals surface area contributed by atoms with Crippen LogP contribution >= 0.6 is 0 Å². The molecule has 0 bridgehead atoms. The van der Waals surface area contributed by atoms with Gasteiger partial charge in [0.05, 0.1) is 5.69 Å². The quantitative estimate of drug-likeness (QED) is 0.898. The van der Waals surface area contributed by atoms with Crippen molar-refractivity contribution in [3.8, 4) is 0 Å². The number of nitrogens with one attached hydrogen (secondary N) is 1. The van der Waals surface area contributed by atoms with Crippen molar-refractivity contribution in [2.24, 2.45) is 0 Å². The van der Waals surface area contributed by atoms with Crippen LogP contribution in [0.5, 0.6) is 0 Å². The van der Waals surface area contributed by atoms with Gasteiger partial charge in [-0.2, -0.15) is 0 Å². The van der Waals surface area contributed by atoms with Gasteiger partial charge in [-0.05, 0) is 44.2 Å². The molecule has 20 heavy (non-hydrogen) atoms. The molecule has 1 aliphatic heterocycles. The number of para-hydroxylation sites is 1. The Labute approximate surface area is 121 Å². The molecular formula is C17H25FN2. The second-order valence-electron chi connectivity index (χ2n) is 6.29. The van der Waals surface area contributed by atoms with E-state index in [-0.39, 0.29) is 5.82 Å². The summed E-state index contributed by atoms with van der Waals surface area (Å²) in [4.78, 5) is 2.30. The third-order valence-corrected chi connectivity index (χ3v) is 4.57. The molecule has 3 heteroatoms. The van der Waals surface area contributed by atoms with Crippen molar-refractivity contribution in [3.63, 3.8) is 0 Å². The normalized spacial score (nSPS) is 23.7. The Morgan fingerprint density at radius 2 is 2.05 bits per heavy atom. The summed E-state index contributed by atoms with van der Waals surface area (Å²) in [5.41, 5.74) is 1.96. The average molecular weight is 276 g/mol. The largest absolute Gasteiger partial charge is 0.366 e. The van der Waals surface area contributed by atoms with Gasteiger partial charge in [-0.1, -0.05) is 25.0 Å². The van der Waals surface area contributed by atoms with Crippen molar-refractivity contribution in [1.82, 2.24) is 5.32 Å². The standard InChI is InChI=1S/C17H25FN2/c1-13-6-3-2-4-11-20(13)17-14(7-5-8-16(17)18)12-19-15-9-10-15/h5,7-8,13,15,19H,2-4,6,9-12H2,1H3. The van der Waals surface area contributed by atoms with Gasteiger partial charge in [-0.3, -0.25) is 0 Å². The van der Waals surface area contributed by atoms with Gasteiger partial charge in [0.25, 0.3) is 0 Å². The summed E-state index contributed by atoms with van der Waals surface area (Å²) in [6.45, 7) is 4.01. The van der Waals surface area contributed by atoms with Gasteiger partial charge in [0.1, 0.15) is 5.82 Å². The zero-order valence-electron chi connectivity index (χ0n) is 12.4. The van der Waals surface area contributed by atoms with Crippen LogP contribution < -0.4 is 10.2 Å². The lowest BCUT2D eigenvalue weighted by molar-refractivity contribution is 0.573. The minimum atomic E-state index is -0.0613. The molecule has 1 N–H and O–H groups in total. The summed E-state index contributed by atoms with van der Waals surface area (Å²) in [6, 6.07) is 6.62. The number of nitrogens with zero attached hydrogens (tertiary/aromatic N) is 1. The second-order valence-corrected chi connectivity index (χ2v) is 6.29. The Morgan fingerprint density at radius 1 is 1.20 bits per heavy atom. The van der Waals surface area contributed by atoms with Crippen molar-refractivity contribution in [2.75, 3.05) is 11.4 Å². The Balaban J connectivity index is 1.84. The Hall–Kier alpha value is -1.09. The first-order chi connectivity index (χ1) is 9.75. The smallest absolute Gasteiger partial charge is 0.146 e. The van der Waals surface area contributed by atoms with Crippen LogP contribution in [-0.4, -0.2) is 18.6 Å². The van der Waals surface area contributed by atoms with Gasteiger partial charge >= 0.3 is 0 Å². The van der Waals surface area contributed by atoms with Crippen LogP contribution in [0.15, 0.2) is 18.2 Å². The SMILES string of the molecule is CC1CCCCCN1c1c(F)cccc1CNC1CC1. The first kappa shape index (κ1) is 13.9. The van der Waals surface area contributed by atoms with Gasteiger partial charge in [-0.25, -0.2) is 4.39 Å². The van der Waals surface area contributed by atoms with Crippen molar-refractivity contribution in [3.05, 3.63) is 29.6 Å². The van der Waals surface area contributed by atoms with E-state index in [0.29, 0.717) is 12.1 Å². The molecule has 1 aliphatic carbocycles. The molecule has 1 unspecified atom stereocenters. The molecule has 110 valence electrons. The maximum absolute atomic E-state index is 14.4. The van der Waals surface area contributed by atoms with Crippen molar-refractivity contribution >= 4 is 5.69 Å². The van der Waals surface area contributed by atoms with Gasteiger partial charge in [0.2, 0.25) is 0 Å². The minimum absolute atomic E-state index is 0.0613. The Morgan fingerprint density at radius 3 is 2.85 bits per heavy atom. The molecular weight excluding hydrogens is 251 g/mol. The number of hydrogen-bond acceptors (Lipinski definition) is 2. The number of hydrogen-bond donors (Lipinski definition) is 1. The molecule has 0 radical (unpaired) electrons. The molecule has 2 aliphatic rings. The zero-order chi connectivity index (χ0) is 13.9. The lowest BCUT2D eigenvalue weighted by atomic mass is 10.1. The number of benzene rings is 1. The average Bonchev–Trinajstić information content (AvgIpc) is 3.25. The second kappa shape index (κ2) is 6.13. The molecule has 3 rings (SSSR count). The molecule has 0 spiro atoms. The van der Waals surface area contributed by atoms with Crippen LogP contribution in [0.1, 0.15) is 51.0 Å². The molecule has 1 aromatic carbocycles. The Bertz CT molecular complexity index is 456. The highest BCUT2D eigenvalue weighted by Crippen LogP contribution is 2.30. The van der Waals surface area contributed by atoms with Gasteiger partial charge in [0, 0.05) is 25.2 Å². The Kier molecular flexibility index (Phi) is 4.25. The fraction of sp³-hybridized carbons (Fsp3) is 0.647. The number of anilines is 1. The highest BCUT2D eigenvalue weighted by atomic mass is 19.1. The molecule has 0 aromatic heterocycles. The molecule has 1 atom stereocenters. The maximum Gasteiger partial charge on any atom is 0.146 e. The van der Waals surface area contributed by atoms with Crippen LogP contribution in [0.25, 0.3) is 0 Å². The molecule has 2 nitrogen and oxygen atoms in total. The monoisotopic (exact) mass is 276 g/mol. The summed E-state index contributed by atoms with van der Waals surface area (Å²) >= 11 is 0. The summed E-state index contributed by atoms with van der Waals surface area (Å²) in [5.74, 6) is -0.0613. The van der Waals surface area contributed by atoms with Gasteiger partial charge in [0.15, 0.2) is 0 Å². The fourth-order valence-corrected chi connectivity index (χ4v) is 3.17. The van der Waals surface area contributed by atoms with Crippen LogP contribution in [0, 0.1) is 5.82 Å². The van der Waals surface area contributed by atoms with E-state index in [0.717, 1.165) is 24.3 Å². The van der Waals surface area contributed by atoms with E-state index in [1.165, 1.54) is 38.5 Å². The highest BCUT2D eigenvalue weighted by molar-refractivity contribution is 5.55. The lowest BCUT2D eigenvalue weighted by Gasteiger charge is -2.31. The van der Waals surface area contributed by atoms with E-state index < -0.39 is 0 Å². The van der Waals surface area contributed by atoms with Crippen LogP contribution in [0.4, 0.5) is 10.1 Å². The van der Waals surface area contributed by atoms with Crippen molar-refractivity contribution < 1.29 is 4.39 Å². The maximum atomic E-state index is 14.4. The summed E-state index contributed by atoms with van der Waals surface area (Å²) in [5, 5.41) is 3.52. The lowest BCUT2D eigenvalue weighted by Crippen LogP contribution is -2.34. The van der Waals surface area contributed by atoms with Crippen LogP contribution in [0.3, 0.4) is 0 Å². The molecule has 1 saturated heterocycles. The first-order valence-electron chi connectivity index (χ1n) is 8.03. The highest BCUT2D eigenvalue weighted by Gasteiger charge is 2.24. The third kappa shape index (κ3) is 3.14. The van der Waals surface area contributed by atoms with E-state index in [1.807, 2.05) is 6.07 Å². The fourth-order valence-electron chi connectivity index (χ4n) is 3.17. The number of halogens is 1. The first-order valence-corrected chi connectivity index (χ1v) is 8.03. The van der Waals surface area contributed by atoms with E-state index >= 15 is 0 Å². The van der Waals surface area contributed by atoms with Gasteiger partial charge in [-0.15, -0.1) is 0 Å². The zero-order valence-corrected chi connectivity index (χ0v) is 12.4. The van der Waals surface area contributed by atoms with Crippen LogP contribution in [-0.2, 0) is 6.54 Å².